The monoisotopic (exact) mass is 305 g/mol. The number of carbonyl (C=O) groups is 2. The fourth-order valence-electron chi connectivity index (χ4n) is 2.35. The molecule has 0 spiro atoms. The van der Waals surface area contributed by atoms with Crippen LogP contribution >= 0.6 is 0 Å². The number of hydrogen-bond donors (Lipinski definition) is 2. The molecule has 0 aliphatic carbocycles. The molecule has 1 fully saturated rings. The number of hydrogen-bond acceptors (Lipinski definition) is 4. The second-order valence-corrected chi connectivity index (χ2v) is 4.81. The van der Waals surface area contributed by atoms with Crippen LogP contribution in [-0.2, 0) is 4.79 Å². The zero-order valence-corrected chi connectivity index (χ0v) is 11.1. The van der Waals surface area contributed by atoms with Crippen LogP contribution in [0.3, 0.4) is 0 Å². The first kappa shape index (κ1) is 15.3. The molecule has 0 bridgehead atoms. The topological polar surface area (TPSA) is 91.0 Å². The number of H-pyrrole nitrogens is 1. The van der Waals surface area contributed by atoms with Gasteiger partial charge < -0.3 is 10.2 Å². The second kappa shape index (κ2) is 5.70. The van der Waals surface area contributed by atoms with Crippen molar-refractivity contribution in [3.05, 3.63) is 12.2 Å². The SMILES string of the molecule is CC(=O)N1CC(NC(=O)c2ncn[nH]2)CCC1C(F)(F)F. The third kappa shape index (κ3) is 3.50. The molecular weight excluding hydrogens is 291 g/mol. The van der Waals surface area contributed by atoms with Crippen molar-refractivity contribution in [1.82, 2.24) is 25.4 Å². The average Bonchev–Trinajstić information content (AvgIpc) is 2.91. The fraction of sp³-hybridized carbons (Fsp3) is 0.636. The van der Waals surface area contributed by atoms with Gasteiger partial charge in [0.05, 0.1) is 0 Å². The van der Waals surface area contributed by atoms with E-state index in [0.717, 1.165) is 18.2 Å². The Morgan fingerprint density at radius 3 is 2.67 bits per heavy atom. The Kier molecular flexibility index (Phi) is 4.14. The maximum atomic E-state index is 12.9. The summed E-state index contributed by atoms with van der Waals surface area (Å²) in [6, 6.07) is -2.35. The van der Waals surface area contributed by atoms with Gasteiger partial charge in [-0.15, -0.1) is 0 Å². The van der Waals surface area contributed by atoms with Crippen LogP contribution in [0.1, 0.15) is 30.4 Å². The van der Waals surface area contributed by atoms with Crippen molar-refractivity contribution in [2.45, 2.75) is 38.0 Å². The zero-order chi connectivity index (χ0) is 15.6. The predicted octanol–water partition coefficient (Wildman–Crippen LogP) is 0.476. The number of rotatable bonds is 2. The maximum Gasteiger partial charge on any atom is 0.408 e. The van der Waals surface area contributed by atoms with Gasteiger partial charge in [-0.25, -0.2) is 4.98 Å². The van der Waals surface area contributed by atoms with Gasteiger partial charge in [0.15, 0.2) is 0 Å². The molecule has 1 aromatic heterocycles. The molecular formula is C11H14F3N5O2. The molecule has 2 amide bonds. The third-order valence-electron chi connectivity index (χ3n) is 3.33. The minimum absolute atomic E-state index is 0.0256. The number of piperidine rings is 1. The lowest BCUT2D eigenvalue weighted by Gasteiger charge is -2.40. The largest absolute Gasteiger partial charge is 0.408 e. The highest BCUT2D eigenvalue weighted by Gasteiger charge is 2.47. The molecule has 1 aliphatic heterocycles. The fourth-order valence-corrected chi connectivity index (χ4v) is 2.35. The van der Waals surface area contributed by atoms with E-state index in [1.165, 1.54) is 0 Å². The normalized spacial score (nSPS) is 23.0. The van der Waals surface area contributed by atoms with Crippen molar-refractivity contribution in [2.75, 3.05) is 6.54 Å². The molecule has 0 aromatic carbocycles. The molecule has 1 saturated heterocycles. The first-order valence-electron chi connectivity index (χ1n) is 6.29. The Hall–Kier alpha value is -2.13. The average molecular weight is 305 g/mol. The lowest BCUT2D eigenvalue weighted by molar-refractivity contribution is -0.196. The number of nitrogens with zero attached hydrogens (tertiary/aromatic N) is 3. The summed E-state index contributed by atoms with van der Waals surface area (Å²) < 4.78 is 38.6. The van der Waals surface area contributed by atoms with Gasteiger partial charge in [-0.05, 0) is 12.8 Å². The molecule has 1 aliphatic rings. The van der Waals surface area contributed by atoms with Crippen LogP contribution in [0.25, 0.3) is 0 Å². The van der Waals surface area contributed by atoms with E-state index in [4.69, 9.17) is 0 Å². The van der Waals surface area contributed by atoms with Crippen LogP contribution in [0.2, 0.25) is 0 Å². The van der Waals surface area contributed by atoms with Gasteiger partial charge in [-0.3, -0.25) is 14.7 Å². The lowest BCUT2D eigenvalue weighted by atomic mass is 9.97. The Morgan fingerprint density at radius 1 is 1.43 bits per heavy atom. The molecule has 0 saturated carbocycles. The minimum Gasteiger partial charge on any atom is -0.345 e. The molecule has 1 aromatic rings. The van der Waals surface area contributed by atoms with Crippen LogP contribution in [-0.4, -0.2) is 56.7 Å². The molecule has 0 radical (unpaired) electrons. The number of halogens is 3. The molecule has 10 heteroatoms. The van der Waals surface area contributed by atoms with Crippen molar-refractivity contribution >= 4 is 11.8 Å². The van der Waals surface area contributed by atoms with Crippen LogP contribution in [0.5, 0.6) is 0 Å². The summed E-state index contributed by atoms with van der Waals surface area (Å²) in [4.78, 5) is 27.6. The summed E-state index contributed by atoms with van der Waals surface area (Å²) in [5, 5.41) is 8.42. The highest BCUT2D eigenvalue weighted by atomic mass is 19.4. The van der Waals surface area contributed by atoms with Gasteiger partial charge in [0.2, 0.25) is 11.7 Å². The van der Waals surface area contributed by atoms with Gasteiger partial charge in [-0.2, -0.15) is 18.3 Å². The van der Waals surface area contributed by atoms with Gasteiger partial charge in [0.25, 0.3) is 5.91 Å². The van der Waals surface area contributed by atoms with E-state index in [-0.39, 0.29) is 25.2 Å². The Bertz CT molecular complexity index is 516. The van der Waals surface area contributed by atoms with Gasteiger partial charge in [0, 0.05) is 19.5 Å². The van der Waals surface area contributed by atoms with Gasteiger partial charge >= 0.3 is 6.18 Å². The van der Waals surface area contributed by atoms with E-state index >= 15 is 0 Å². The summed E-state index contributed by atoms with van der Waals surface area (Å²) in [6.07, 6.45) is -3.43. The van der Waals surface area contributed by atoms with Crippen LogP contribution in [0.15, 0.2) is 6.33 Å². The molecule has 21 heavy (non-hydrogen) atoms. The number of nitrogens with one attached hydrogen (secondary N) is 2. The quantitative estimate of drug-likeness (QED) is 0.831. The molecule has 2 heterocycles. The van der Waals surface area contributed by atoms with Crippen LogP contribution in [0.4, 0.5) is 13.2 Å². The van der Waals surface area contributed by atoms with E-state index < -0.39 is 30.1 Å². The van der Waals surface area contributed by atoms with Crippen molar-refractivity contribution < 1.29 is 22.8 Å². The number of aromatic amines is 1. The molecule has 7 nitrogen and oxygen atoms in total. The van der Waals surface area contributed by atoms with Crippen molar-refractivity contribution in [3.8, 4) is 0 Å². The van der Waals surface area contributed by atoms with Crippen molar-refractivity contribution in [2.24, 2.45) is 0 Å². The maximum absolute atomic E-state index is 12.9. The number of alkyl halides is 3. The third-order valence-corrected chi connectivity index (χ3v) is 3.33. The zero-order valence-electron chi connectivity index (χ0n) is 11.1. The first-order chi connectivity index (χ1) is 9.79. The number of aromatic nitrogens is 3. The Labute approximate surface area is 117 Å². The first-order valence-corrected chi connectivity index (χ1v) is 6.29. The summed E-state index contributed by atoms with van der Waals surface area (Å²) in [7, 11) is 0. The van der Waals surface area contributed by atoms with Gasteiger partial charge in [-0.1, -0.05) is 0 Å². The Morgan fingerprint density at radius 2 is 2.14 bits per heavy atom. The standard InChI is InChI=1S/C11H14F3N5O2/c1-6(20)19-4-7(2-3-8(19)11(12,13)14)17-10(21)9-15-5-16-18-9/h5,7-8H,2-4H2,1H3,(H,17,21)(H,15,16,18). The van der Waals surface area contributed by atoms with Crippen LogP contribution < -0.4 is 5.32 Å². The number of likely N-dealkylation sites (tertiary alicyclic amines) is 1. The van der Waals surface area contributed by atoms with Crippen molar-refractivity contribution in [3.63, 3.8) is 0 Å². The second-order valence-electron chi connectivity index (χ2n) is 4.81. The summed E-state index contributed by atoms with van der Waals surface area (Å²) in [5.74, 6) is -1.26. The van der Waals surface area contributed by atoms with E-state index in [1.807, 2.05) is 0 Å². The number of carbonyl (C=O) groups excluding carboxylic acids is 2. The highest BCUT2D eigenvalue weighted by molar-refractivity contribution is 5.90. The summed E-state index contributed by atoms with van der Waals surface area (Å²) >= 11 is 0. The van der Waals surface area contributed by atoms with E-state index in [1.54, 1.807) is 0 Å². The molecule has 116 valence electrons. The predicted molar refractivity (Wildman–Crippen MR) is 64.1 cm³/mol. The molecule has 2 unspecified atom stereocenters. The smallest absolute Gasteiger partial charge is 0.345 e. The number of amides is 2. The Balaban J connectivity index is 2.02. The van der Waals surface area contributed by atoms with E-state index in [9.17, 15) is 22.8 Å². The summed E-state index contributed by atoms with van der Waals surface area (Å²) in [5.41, 5.74) is 0. The lowest BCUT2D eigenvalue weighted by Crippen LogP contribution is -2.57. The molecule has 2 N–H and O–H groups in total. The summed E-state index contributed by atoms with van der Waals surface area (Å²) in [6.45, 7) is 0.902. The highest BCUT2D eigenvalue weighted by Crippen LogP contribution is 2.32. The minimum atomic E-state index is -4.47. The van der Waals surface area contributed by atoms with E-state index in [2.05, 4.69) is 20.5 Å². The van der Waals surface area contributed by atoms with Crippen LogP contribution in [0, 0.1) is 0 Å². The van der Waals surface area contributed by atoms with Crippen molar-refractivity contribution in [1.29, 1.82) is 0 Å². The molecule has 2 rings (SSSR count). The van der Waals surface area contributed by atoms with E-state index in [0.29, 0.717) is 0 Å². The molecule has 2 atom stereocenters. The van der Waals surface area contributed by atoms with Gasteiger partial charge in [0.1, 0.15) is 12.4 Å².